The molecule has 5 rings (SSSR count). The van der Waals surface area contributed by atoms with Crippen molar-refractivity contribution >= 4 is 23.3 Å². The molecule has 2 aromatic heterocycles. The van der Waals surface area contributed by atoms with Gasteiger partial charge in [-0.3, -0.25) is 4.79 Å². The molecule has 8 nitrogen and oxygen atoms in total. The Balaban J connectivity index is 1.49. The van der Waals surface area contributed by atoms with Crippen LogP contribution in [0.4, 0.5) is 16.1 Å². The van der Waals surface area contributed by atoms with E-state index in [4.69, 9.17) is 4.42 Å². The SMILES string of the molecule is Cc1nc(-c2nnc(NC3N=C(c4ccccc4)c4ccccc4NC3=O)o2)ccc1F. The highest BCUT2D eigenvalue weighted by Gasteiger charge is 2.27. The molecule has 0 radical (unpaired) electrons. The predicted molar refractivity (Wildman–Crippen MR) is 117 cm³/mol. The molecule has 1 amide bonds. The van der Waals surface area contributed by atoms with Crippen LogP contribution < -0.4 is 10.6 Å². The number of carbonyl (C=O) groups is 1. The maximum absolute atomic E-state index is 13.5. The molecule has 1 unspecified atom stereocenters. The van der Waals surface area contributed by atoms with Crippen molar-refractivity contribution in [1.29, 1.82) is 0 Å². The number of halogens is 1. The fraction of sp³-hybridized carbons (Fsp3) is 0.0870. The number of benzodiazepines with no additional fused rings is 1. The van der Waals surface area contributed by atoms with Gasteiger partial charge in [0.2, 0.25) is 6.17 Å². The molecule has 4 aromatic rings. The molecular weight excluding hydrogens is 411 g/mol. The average molecular weight is 428 g/mol. The number of benzene rings is 2. The van der Waals surface area contributed by atoms with Crippen molar-refractivity contribution in [3.05, 3.63) is 89.4 Å². The van der Waals surface area contributed by atoms with Gasteiger partial charge in [0.15, 0.2) is 0 Å². The number of para-hydroxylation sites is 1. The van der Waals surface area contributed by atoms with Gasteiger partial charge < -0.3 is 15.1 Å². The molecule has 3 heterocycles. The number of pyridine rings is 1. The summed E-state index contributed by atoms with van der Waals surface area (Å²) in [6.45, 7) is 1.54. The number of amides is 1. The van der Waals surface area contributed by atoms with Crippen LogP contribution >= 0.6 is 0 Å². The first-order valence-corrected chi connectivity index (χ1v) is 9.85. The molecule has 0 aliphatic carbocycles. The first kappa shape index (κ1) is 19.6. The summed E-state index contributed by atoms with van der Waals surface area (Å²) in [5.41, 5.74) is 3.51. The van der Waals surface area contributed by atoms with Crippen LogP contribution in [0.25, 0.3) is 11.6 Å². The highest BCUT2D eigenvalue weighted by Crippen LogP contribution is 2.25. The van der Waals surface area contributed by atoms with Gasteiger partial charge in [0.1, 0.15) is 11.5 Å². The lowest BCUT2D eigenvalue weighted by Crippen LogP contribution is -2.32. The Morgan fingerprint density at radius 2 is 1.78 bits per heavy atom. The number of anilines is 2. The van der Waals surface area contributed by atoms with Gasteiger partial charge in [0, 0.05) is 11.1 Å². The summed E-state index contributed by atoms with van der Waals surface area (Å²) in [6.07, 6.45) is -1.02. The Labute approximate surface area is 182 Å². The van der Waals surface area contributed by atoms with E-state index in [0.29, 0.717) is 17.1 Å². The number of nitrogens with zero attached hydrogens (tertiary/aromatic N) is 4. The fourth-order valence-electron chi connectivity index (χ4n) is 3.35. The Kier molecular flexibility index (Phi) is 4.91. The lowest BCUT2D eigenvalue weighted by atomic mass is 10.0. The number of hydrogen-bond donors (Lipinski definition) is 2. The Hall–Kier alpha value is -4.40. The van der Waals surface area contributed by atoms with Crippen LogP contribution in [0.3, 0.4) is 0 Å². The van der Waals surface area contributed by atoms with E-state index in [1.807, 2.05) is 54.6 Å². The zero-order chi connectivity index (χ0) is 22.1. The number of aromatic nitrogens is 3. The number of hydrogen-bond acceptors (Lipinski definition) is 7. The average Bonchev–Trinajstić information content (AvgIpc) is 3.22. The highest BCUT2D eigenvalue weighted by atomic mass is 19.1. The maximum atomic E-state index is 13.5. The van der Waals surface area contributed by atoms with Gasteiger partial charge in [-0.1, -0.05) is 53.6 Å². The third-order valence-electron chi connectivity index (χ3n) is 4.92. The van der Waals surface area contributed by atoms with Crippen LogP contribution in [-0.4, -0.2) is 33.0 Å². The summed E-state index contributed by atoms with van der Waals surface area (Å²) in [7, 11) is 0. The first-order chi connectivity index (χ1) is 15.6. The molecule has 32 heavy (non-hydrogen) atoms. The van der Waals surface area contributed by atoms with E-state index in [1.54, 1.807) is 6.92 Å². The fourth-order valence-corrected chi connectivity index (χ4v) is 3.35. The Bertz CT molecular complexity index is 1340. The second kappa shape index (κ2) is 8.03. The van der Waals surface area contributed by atoms with Crippen molar-refractivity contribution in [2.75, 3.05) is 10.6 Å². The minimum absolute atomic E-state index is 0.00829. The van der Waals surface area contributed by atoms with Crippen molar-refractivity contribution in [1.82, 2.24) is 15.2 Å². The summed E-state index contributed by atoms with van der Waals surface area (Å²) in [5.74, 6) is -0.705. The van der Waals surface area contributed by atoms with Crippen LogP contribution in [0.2, 0.25) is 0 Å². The first-order valence-electron chi connectivity index (χ1n) is 9.85. The lowest BCUT2D eigenvalue weighted by molar-refractivity contribution is -0.116. The van der Waals surface area contributed by atoms with Crippen LogP contribution in [0.1, 0.15) is 16.8 Å². The molecular formula is C23H17FN6O2. The van der Waals surface area contributed by atoms with Gasteiger partial charge in [0.25, 0.3) is 11.8 Å². The van der Waals surface area contributed by atoms with Gasteiger partial charge >= 0.3 is 6.01 Å². The third kappa shape index (κ3) is 3.71. The molecule has 158 valence electrons. The monoisotopic (exact) mass is 428 g/mol. The zero-order valence-corrected chi connectivity index (χ0v) is 16.9. The third-order valence-corrected chi connectivity index (χ3v) is 4.92. The molecule has 2 N–H and O–H groups in total. The van der Waals surface area contributed by atoms with E-state index in [2.05, 4.69) is 30.8 Å². The molecule has 1 aliphatic rings. The molecule has 0 bridgehead atoms. The molecule has 0 spiro atoms. The van der Waals surface area contributed by atoms with Crippen LogP contribution in [0.15, 0.2) is 76.1 Å². The summed E-state index contributed by atoms with van der Waals surface area (Å²) in [5, 5.41) is 13.6. The van der Waals surface area contributed by atoms with Crippen molar-refractivity contribution in [3.8, 4) is 11.6 Å². The highest BCUT2D eigenvalue weighted by molar-refractivity contribution is 6.19. The molecule has 9 heteroatoms. The van der Waals surface area contributed by atoms with Gasteiger partial charge in [-0.05, 0) is 25.1 Å². The normalized spacial score (nSPS) is 15.4. The number of fused-ring (bicyclic) bond motifs is 1. The van der Waals surface area contributed by atoms with E-state index < -0.39 is 12.0 Å². The van der Waals surface area contributed by atoms with Crippen molar-refractivity contribution in [2.45, 2.75) is 13.1 Å². The number of rotatable bonds is 4. The Morgan fingerprint density at radius 3 is 2.59 bits per heavy atom. The van der Waals surface area contributed by atoms with E-state index in [0.717, 1.165) is 11.1 Å². The Morgan fingerprint density at radius 1 is 1.00 bits per heavy atom. The van der Waals surface area contributed by atoms with Gasteiger partial charge in [-0.25, -0.2) is 14.4 Å². The summed E-state index contributed by atoms with van der Waals surface area (Å²) in [6, 6.07) is 19.8. The van der Waals surface area contributed by atoms with Gasteiger partial charge in [-0.15, -0.1) is 5.10 Å². The van der Waals surface area contributed by atoms with E-state index in [-0.39, 0.29) is 23.5 Å². The maximum Gasteiger partial charge on any atom is 0.317 e. The summed E-state index contributed by atoms with van der Waals surface area (Å²) in [4.78, 5) is 21.7. The predicted octanol–water partition coefficient (Wildman–Crippen LogP) is 3.81. The largest absolute Gasteiger partial charge is 0.402 e. The quantitative estimate of drug-likeness (QED) is 0.512. The molecule has 2 aromatic carbocycles. The second-order valence-electron chi connectivity index (χ2n) is 7.10. The molecule has 1 atom stereocenters. The molecule has 0 saturated heterocycles. The van der Waals surface area contributed by atoms with Crippen molar-refractivity contribution < 1.29 is 13.6 Å². The molecule has 0 saturated carbocycles. The summed E-state index contributed by atoms with van der Waals surface area (Å²) < 4.78 is 19.1. The standard InChI is InChI=1S/C23H17FN6O2/c1-13-16(24)11-12-18(25-13)22-29-30-23(32-22)28-20-21(31)26-17-10-6-5-9-15(17)19(27-20)14-7-3-2-4-8-14/h2-12,20H,1H3,(H,26,31)(H,28,30). The minimum atomic E-state index is -1.02. The zero-order valence-electron chi connectivity index (χ0n) is 16.9. The van der Waals surface area contributed by atoms with E-state index >= 15 is 0 Å². The number of nitrogens with one attached hydrogen (secondary N) is 2. The topological polar surface area (TPSA) is 105 Å². The minimum Gasteiger partial charge on any atom is -0.402 e. The van der Waals surface area contributed by atoms with E-state index in [1.165, 1.54) is 12.1 Å². The van der Waals surface area contributed by atoms with E-state index in [9.17, 15) is 9.18 Å². The molecule has 1 aliphatic heterocycles. The number of aryl methyl sites for hydroxylation is 1. The van der Waals surface area contributed by atoms with Crippen LogP contribution in [0, 0.1) is 12.7 Å². The van der Waals surface area contributed by atoms with Crippen LogP contribution in [0.5, 0.6) is 0 Å². The summed E-state index contributed by atoms with van der Waals surface area (Å²) >= 11 is 0. The number of aliphatic imine (C=N–C) groups is 1. The lowest BCUT2D eigenvalue weighted by Gasteiger charge is -2.11. The number of carbonyl (C=O) groups excluding carboxylic acids is 1. The molecule has 0 fully saturated rings. The van der Waals surface area contributed by atoms with Gasteiger partial charge in [-0.2, -0.15) is 0 Å². The van der Waals surface area contributed by atoms with Crippen LogP contribution in [-0.2, 0) is 4.79 Å². The second-order valence-corrected chi connectivity index (χ2v) is 7.10. The smallest absolute Gasteiger partial charge is 0.317 e. The van der Waals surface area contributed by atoms with Crippen molar-refractivity contribution in [3.63, 3.8) is 0 Å². The van der Waals surface area contributed by atoms with Gasteiger partial charge in [0.05, 0.1) is 17.1 Å². The van der Waals surface area contributed by atoms with Crippen molar-refractivity contribution in [2.24, 2.45) is 4.99 Å².